The third-order valence-corrected chi connectivity index (χ3v) is 6.84. The van der Waals surface area contributed by atoms with E-state index in [0.29, 0.717) is 19.1 Å². The van der Waals surface area contributed by atoms with Crippen LogP contribution in [0.4, 0.5) is 0 Å². The van der Waals surface area contributed by atoms with E-state index in [9.17, 15) is 9.59 Å². The molecule has 0 bridgehead atoms. The average molecular weight is 439 g/mol. The van der Waals surface area contributed by atoms with Gasteiger partial charge in [-0.3, -0.25) is 9.59 Å². The number of ether oxygens (including phenoxy) is 2. The average Bonchev–Trinajstić information content (AvgIpc) is 2.73. The molecule has 1 aliphatic rings. The van der Waals surface area contributed by atoms with Gasteiger partial charge in [-0.1, -0.05) is 86.0 Å². The fourth-order valence-corrected chi connectivity index (χ4v) is 4.68. The van der Waals surface area contributed by atoms with Gasteiger partial charge in [0.05, 0.1) is 25.0 Å². The van der Waals surface area contributed by atoms with Crippen molar-refractivity contribution in [2.24, 2.45) is 29.6 Å². The summed E-state index contributed by atoms with van der Waals surface area (Å²) >= 11 is 0. The van der Waals surface area contributed by atoms with E-state index in [-0.39, 0.29) is 23.8 Å². The number of rotatable bonds is 16. The molecular weight excluding hydrogens is 388 g/mol. The third-order valence-electron chi connectivity index (χ3n) is 6.84. The summed E-state index contributed by atoms with van der Waals surface area (Å²) in [6.45, 7) is 12.1. The molecule has 0 spiro atoms. The summed E-state index contributed by atoms with van der Waals surface area (Å²) in [4.78, 5) is 25.4. The first-order chi connectivity index (χ1) is 14.9. The Morgan fingerprint density at radius 1 is 0.774 bits per heavy atom. The summed E-state index contributed by atoms with van der Waals surface area (Å²) in [6, 6.07) is 0. The quantitative estimate of drug-likeness (QED) is 0.187. The lowest BCUT2D eigenvalue weighted by Crippen LogP contribution is -2.38. The van der Waals surface area contributed by atoms with Gasteiger partial charge in [0.25, 0.3) is 0 Å². The van der Waals surface area contributed by atoms with E-state index < -0.39 is 0 Å². The molecule has 0 aromatic carbocycles. The first-order valence-corrected chi connectivity index (χ1v) is 13.2. The lowest BCUT2D eigenvalue weighted by molar-refractivity contribution is -0.164. The molecule has 0 radical (unpaired) electrons. The number of unbranched alkanes of at least 4 members (excludes halogenated alkanes) is 2. The van der Waals surface area contributed by atoms with Crippen molar-refractivity contribution in [3.8, 4) is 0 Å². The smallest absolute Gasteiger partial charge is 0.309 e. The third kappa shape index (κ3) is 11.9. The van der Waals surface area contributed by atoms with E-state index in [1.165, 1.54) is 32.1 Å². The molecule has 0 aromatic heterocycles. The molecule has 0 amide bonds. The van der Waals surface area contributed by atoms with E-state index in [2.05, 4.69) is 34.6 Å². The summed E-state index contributed by atoms with van der Waals surface area (Å²) in [5.74, 6) is 1.07. The molecule has 4 unspecified atom stereocenters. The van der Waals surface area contributed by atoms with Crippen LogP contribution in [0.5, 0.6) is 0 Å². The maximum Gasteiger partial charge on any atom is 0.309 e. The van der Waals surface area contributed by atoms with E-state index in [1.807, 2.05) is 0 Å². The lowest BCUT2D eigenvalue weighted by Gasteiger charge is -2.33. The Bertz CT molecular complexity index is 488. The van der Waals surface area contributed by atoms with Crippen molar-refractivity contribution in [2.75, 3.05) is 13.2 Å². The van der Waals surface area contributed by atoms with E-state index in [0.717, 1.165) is 63.2 Å². The van der Waals surface area contributed by atoms with Crippen LogP contribution in [0.2, 0.25) is 0 Å². The second-order valence-electron chi connectivity index (χ2n) is 10.3. The summed E-state index contributed by atoms with van der Waals surface area (Å²) in [7, 11) is 0. The van der Waals surface area contributed by atoms with Crippen LogP contribution in [-0.4, -0.2) is 25.2 Å². The molecule has 0 N–H and O–H groups in total. The second kappa shape index (κ2) is 16.6. The summed E-state index contributed by atoms with van der Waals surface area (Å²) in [6.07, 6.45) is 13.9. The number of carbonyl (C=O) groups is 2. The van der Waals surface area contributed by atoms with Crippen LogP contribution >= 0.6 is 0 Å². The highest BCUT2D eigenvalue weighted by Gasteiger charge is 2.40. The highest BCUT2D eigenvalue weighted by molar-refractivity contribution is 5.82. The molecule has 1 aliphatic carbocycles. The zero-order chi connectivity index (χ0) is 23.1. The molecule has 0 heterocycles. The molecule has 4 nitrogen and oxygen atoms in total. The van der Waals surface area contributed by atoms with Crippen LogP contribution in [0, 0.1) is 29.6 Å². The number of esters is 2. The van der Waals surface area contributed by atoms with Gasteiger partial charge in [-0.25, -0.2) is 0 Å². The van der Waals surface area contributed by atoms with Crippen LogP contribution in [0.25, 0.3) is 0 Å². The van der Waals surface area contributed by atoms with Crippen molar-refractivity contribution in [3.63, 3.8) is 0 Å². The van der Waals surface area contributed by atoms with Gasteiger partial charge in [-0.2, -0.15) is 0 Å². The maximum atomic E-state index is 12.8. The summed E-state index contributed by atoms with van der Waals surface area (Å²) in [5, 5.41) is 0. The molecule has 0 saturated heterocycles. The maximum absolute atomic E-state index is 12.8. The van der Waals surface area contributed by atoms with Crippen LogP contribution in [0.15, 0.2) is 0 Å². The Labute approximate surface area is 192 Å². The standard InChI is InChI=1S/C27H50O4/c1-6-8-18-30-26(28)24-17-16-23(20-25(24)27(29)31-19-9-7-2)15-11-14-22(5)13-10-12-21(3)4/h21-25H,6-20H2,1-5H3. The van der Waals surface area contributed by atoms with Crippen LogP contribution in [-0.2, 0) is 19.1 Å². The molecule has 0 aromatic rings. The van der Waals surface area contributed by atoms with Crippen molar-refractivity contribution in [2.45, 2.75) is 118 Å². The van der Waals surface area contributed by atoms with Gasteiger partial charge < -0.3 is 9.47 Å². The van der Waals surface area contributed by atoms with E-state index in [4.69, 9.17) is 9.47 Å². The Hall–Kier alpha value is -1.06. The van der Waals surface area contributed by atoms with Crippen molar-refractivity contribution >= 4 is 11.9 Å². The fourth-order valence-electron chi connectivity index (χ4n) is 4.68. The van der Waals surface area contributed by atoms with Crippen molar-refractivity contribution in [1.29, 1.82) is 0 Å². The van der Waals surface area contributed by atoms with Crippen molar-refractivity contribution < 1.29 is 19.1 Å². The van der Waals surface area contributed by atoms with Gasteiger partial charge in [-0.05, 0) is 49.9 Å². The van der Waals surface area contributed by atoms with Gasteiger partial charge in [0.1, 0.15) is 0 Å². The number of carbonyl (C=O) groups excluding carboxylic acids is 2. The number of hydrogen-bond acceptors (Lipinski definition) is 4. The molecule has 1 fully saturated rings. The summed E-state index contributed by atoms with van der Waals surface area (Å²) in [5.41, 5.74) is 0. The highest BCUT2D eigenvalue weighted by atomic mass is 16.5. The Balaban J connectivity index is 2.52. The van der Waals surface area contributed by atoms with E-state index >= 15 is 0 Å². The highest BCUT2D eigenvalue weighted by Crippen LogP contribution is 2.38. The zero-order valence-electron chi connectivity index (χ0n) is 21.1. The molecular formula is C27H50O4. The topological polar surface area (TPSA) is 52.6 Å². The predicted octanol–water partition coefficient (Wildman–Crippen LogP) is 7.34. The first kappa shape index (κ1) is 28.0. The van der Waals surface area contributed by atoms with E-state index in [1.54, 1.807) is 0 Å². The second-order valence-corrected chi connectivity index (χ2v) is 10.3. The minimum absolute atomic E-state index is 0.183. The molecule has 1 rings (SSSR count). The monoisotopic (exact) mass is 438 g/mol. The minimum atomic E-state index is -0.326. The molecule has 31 heavy (non-hydrogen) atoms. The van der Waals surface area contributed by atoms with Gasteiger partial charge in [0.15, 0.2) is 0 Å². The fraction of sp³-hybridized carbons (Fsp3) is 0.926. The molecule has 4 heteroatoms. The number of hydrogen-bond donors (Lipinski definition) is 0. The molecule has 182 valence electrons. The van der Waals surface area contributed by atoms with Crippen LogP contribution in [0.3, 0.4) is 0 Å². The Morgan fingerprint density at radius 2 is 1.35 bits per heavy atom. The Morgan fingerprint density at radius 3 is 1.94 bits per heavy atom. The minimum Gasteiger partial charge on any atom is -0.465 e. The predicted molar refractivity (Wildman–Crippen MR) is 128 cm³/mol. The molecule has 1 saturated carbocycles. The first-order valence-electron chi connectivity index (χ1n) is 13.2. The normalized spacial score (nSPS) is 22.3. The van der Waals surface area contributed by atoms with Crippen LogP contribution < -0.4 is 0 Å². The van der Waals surface area contributed by atoms with Crippen molar-refractivity contribution in [1.82, 2.24) is 0 Å². The summed E-state index contributed by atoms with van der Waals surface area (Å²) < 4.78 is 11.0. The molecule has 4 atom stereocenters. The lowest BCUT2D eigenvalue weighted by atomic mass is 9.72. The van der Waals surface area contributed by atoms with Gasteiger partial charge in [-0.15, -0.1) is 0 Å². The van der Waals surface area contributed by atoms with Gasteiger partial charge in [0, 0.05) is 0 Å². The van der Waals surface area contributed by atoms with Crippen molar-refractivity contribution in [3.05, 3.63) is 0 Å². The SMILES string of the molecule is CCCCOC(=O)C1CCC(CCCC(C)CCCC(C)C)CC1C(=O)OCCCC. The largest absolute Gasteiger partial charge is 0.465 e. The molecule has 0 aliphatic heterocycles. The zero-order valence-corrected chi connectivity index (χ0v) is 21.1. The van der Waals surface area contributed by atoms with Gasteiger partial charge >= 0.3 is 11.9 Å². The Kier molecular flexibility index (Phi) is 14.9. The van der Waals surface area contributed by atoms with Crippen LogP contribution in [0.1, 0.15) is 118 Å². The van der Waals surface area contributed by atoms with Gasteiger partial charge in [0.2, 0.25) is 0 Å².